The smallest absolute Gasteiger partial charge is 0.276 e. The molecule has 5 nitrogen and oxygen atoms in total. The zero-order chi connectivity index (χ0) is 14.2. The second-order valence-electron chi connectivity index (χ2n) is 6.17. The predicted molar refractivity (Wildman–Crippen MR) is 73.6 cm³/mol. The maximum atomic E-state index is 12.7. The first-order valence-electron chi connectivity index (χ1n) is 7.49. The summed E-state index contributed by atoms with van der Waals surface area (Å²) in [5, 5.41) is 3.96. The molecule has 5 heteroatoms. The van der Waals surface area contributed by atoms with Crippen LogP contribution in [0.15, 0.2) is 10.6 Å². The van der Waals surface area contributed by atoms with Crippen LogP contribution in [0.4, 0.5) is 0 Å². The van der Waals surface area contributed by atoms with Crippen molar-refractivity contribution in [3.8, 4) is 0 Å². The van der Waals surface area contributed by atoms with Gasteiger partial charge in [-0.05, 0) is 25.7 Å². The van der Waals surface area contributed by atoms with Crippen molar-refractivity contribution in [2.45, 2.75) is 51.0 Å². The second kappa shape index (κ2) is 5.20. The van der Waals surface area contributed by atoms with E-state index in [1.54, 1.807) is 6.07 Å². The fourth-order valence-corrected chi connectivity index (χ4v) is 3.33. The normalized spacial score (nSPS) is 21.9. The topological polar surface area (TPSA) is 55.6 Å². The van der Waals surface area contributed by atoms with Crippen molar-refractivity contribution in [3.05, 3.63) is 17.5 Å². The number of amides is 1. The molecule has 2 saturated heterocycles. The van der Waals surface area contributed by atoms with Crippen molar-refractivity contribution < 1.29 is 14.1 Å². The first-order chi connectivity index (χ1) is 9.62. The van der Waals surface area contributed by atoms with Gasteiger partial charge in [0.25, 0.3) is 5.91 Å². The van der Waals surface area contributed by atoms with Crippen LogP contribution in [-0.2, 0) is 4.74 Å². The van der Waals surface area contributed by atoms with Crippen LogP contribution in [0.25, 0.3) is 0 Å². The molecule has 0 bridgehead atoms. The van der Waals surface area contributed by atoms with Crippen LogP contribution in [0.5, 0.6) is 0 Å². The molecule has 0 N–H and O–H groups in total. The van der Waals surface area contributed by atoms with Gasteiger partial charge in [-0.2, -0.15) is 0 Å². The van der Waals surface area contributed by atoms with Gasteiger partial charge in [0.05, 0.1) is 0 Å². The molecular weight excluding hydrogens is 256 g/mol. The highest BCUT2D eigenvalue weighted by Gasteiger charge is 2.45. The molecule has 110 valence electrons. The Morgan fingerprint density at radius 3 is 2.75 bits per heavy atom. The summed E-state index contributed by atoms with van der Waals surface area (Å²) < 4.78 is 10.7. The lowest BCUT2D eigenvalue weighted by atomic mass is 9.87. The molecule has 0 aromatic carbocycles. The van der Waals surface area contributed by atoms with E-state index in [0.29, 0.717) is 5.69 Å². The summed E-state index contributed by atoms with van der Waals surface area (Å²) in [6.45, 7) is 6.39. The average molecular weight is 278 g/mol. The summed E-state index contributed by atoms with van der Waals surface area (Å²) in [5.41, 5.74) is 0.438. The molecule has 0 unspecified atom stereocenters. The van der Waals surface area contributed by atoms with Crippen LogP contribution < -0.4 is 0 Å². The van der Waals surface area contributed by atoms with Crippen molar-refractivity contribution in [1.82, 2.24) is 10.1 Å². The molecule has 2 fully saturated rings. The quantitative estimate of drug-likeness (QED) is 0.834. The van der Waals surface area contributed by atoms with Gasteiger partial charge in [0.2, 0.25) is 0 Å². The number of nitrogens with zero attached hydrogens (tertiary/aromatic N) is 2. The molecule has 1 spiro atoms. The van der Waals surface area contributed by atoms with Gasteiger partial charge in [-0.1, -0.05) is 19.0 Å². The lowest BCUT2D eigenvalue weighted by Crippen LogP contribution is -2.50. The van der Waals surface area contributed by atoms with Gasteiger partial charge < -0.3 is 14.2 Å². The SMILES string of the molecule is CC(C)c1cc(C(=O)N2CCCC23CCOCC3)no1. The number of carbonyl (C=O) groups excluding carboxylic acids is 1. The van der Waals surface area contributed by atoms with Gasteiger partial charge >= 0.3 is 0 Å². The summed E-state index contributed by atoms with van der Waals surface area (Å²) in [5.74, 6) is 1.04. The van der Waals surface area contributed by atoms with Crippen molar-refractivity contribution in [2.75, 3.05) is 19.8 Å². The van der Waals surface area contributed by atoms with Gasteiger partial charge in [0.15, 0.2) is 5.69 Å². The molecule has 3 rings (SSSR count). The number of likely N-dealkylation sites (tertiary alicyclic amines) is 1. The molecule has 2 aliphatic rings. The predicted octanol–water partition coefficient (Wildman–Crippen LogP) is 2.58. The summed E-state index contributed by atoms with van der Waals surface area (Å²) >= 11 is 0. The highest BCUT2D eigenvalue weighted by atomic mass is 16.5. The monoisotopic (exact) mass is 278 g/mol. The van der Waals surface area contributed by atoms with Crippen molar-refractivity contribution >= 4 is 5.91 Å². The van der Waals surface area contributed by atoms with Crippen molar-refractivity contribution in [3.63, 3.8) is 0 Å². The minimum Gasteiger partial charge on any atom is -0.381 e. The Morgan fingerprint density at radius 2 is 2.10 bits per heavy atom. The van der Waals surface area contributed by atoms with Crippen LogP contribution >= 0.6 is 0 Å². The Bertz CT molecular complexity index is 489. The van der Waals surface area contributed by atoms with E-state index in [1.165, 1.54) is 0 Å². The Balaban J connectivity index is 1.81. The number of aromatic nitrogens is 1. The second-order valence-corrected chi connectivity index (χ2v) is 6.17. The number of hydrogen-bond donors (Lipinski definition) is 0. The first-order valence-corrected chi connectivity index (χ1v) is 7.49. The summed E-state index contributed by atoms with van der Waals surface area (Å²) in [7, 11) is 0. The number of carbonyl (C=O) groups is 1. The molecule has 20 heavy (non-hydrogen) atoms. The van der Waals surface area contributed by atoms with Crippen LogP contribution in [0, 0.1) is 0 Å². The van der Waals surface area contributed by atoms with Gasteiger partial charge in [-0.15, -0.1) is 0 Å². The standard InChI is InChI=1S/C15H22N2O3/c1-11(2)13-10-12(16-20-13)14(18)17-7-3-4-15(17)5-8-19-9-6-15/h10-11H,3-9H2,1-2H3. The molecule has 1 aromatic rings. The molecule has 0 saturated carbocycles. The fraction of sp³-hybridized carbons (Fsp3) is 0.733. The molecule has 0 atom stereocenters. The highest BCUT2D eigenvalue weighted by Crippen LogP contribution is 2.38. The van der Waals surface area contributed by atoms with Crippen LogP contribution in [0.1, 0.15) is 61.7 Å². The van der Waals surface area contributed by atoms with E-state index in [9.17, 15) is 4.79 Å². The number of hydrogen-bond acceptors (Lipinski definition) is 4. The van der Waals surface area contributed by atoms with E-state index in [0.717, 1.165) is 51.2 Å². The summed E-state index contributed by atoms with van der Waals surface area (Å²) in [4.78, 5) is 14.7. The van der Waals surface area contributed by atoms with Gasteiger partial charge in [0.1, 0.15) is 5.76 Å². The average Bonchev–Trinajstić information content (AvgIpc) is 3.06. The van der Waals surface area contributed by atoms with Crippen LogP contribution in [0.2, 0.25) is 0 Å². The van der Waals surface area contributed by atoms with Crippen LogP contribution in [-0.4, -0.2) is 41.3 Å². The third-order valence-corrected chi connectivity index (χ3v) is 4.58. The molecule has 2 aliphatic heterocycles. The lowest BCUT2D eigenvalue weighted by molar-refractivity contribution is -0.00350. The Kier molecular flexibility index (Phi) is 3.54. The Labute approximate surface area is 119 Å². The maximum Gasteiger partial charge on any atom is 0.276 e. The van der Waals surface area contributed by atoms with Crippen molar-refractivity contribution in [1.29, 1.82) is 0 Å². The first kappa shape index (κ1) is 13.6. The maximum absolute atomic E-state index is 12.7. The van der Waals surface area contributed by atoms with E-state index in [2.05, 4.69) is 5.16 Å². The Hall–Kier alpha value is -1.36. The van der Waals surface area contributed by atoms with E-state index in [-0.39, 0.29) is 17.4 Å². The lowest BCUT2D eigenvalue weighted by Gasteiger charge is -2.41. The largest absolute Gasteiger partial charge is 0.381 e. The molecule has 1 amide bonds. The summed E-state index contributed by atoms with van der Waals surface area (Å²) in [6.07, 6.45) is 4.03. The third-order valence-electron chi connectivity index (χ3n) is 4.58. The zero-order valence-electron chi connectivity index (χ0n) is 12.2. The van der Waals surface area contributed by atoms with Gasteiger partial charge in [-0.25, -0.2) is 0 Å². The fourth-order valence-electron chi connectivity index (χ4n) is 3.33. The molecule has 0 radical (unpaired) electrons. The minimum atomic E-state index is -0.00766. The minimum absolute atomic E-state index is 0.00766. The van der Waals surface area contributed by atoms with E-state index < -0.39 is 0 Å². The van der Waals surface area contributed by atoms with Crippen molar-refractivity contribution in [2.24, 2.45) is 0 Å². The Morgan fingerprint density at radius 1 is 1.35 bits per heavy atom. The van der Waals surface area contributed by atoms with E-state index in [4.69, 9.17) is 9.26 Å². The van der Waals surface area contributed by atoms with Crippen LogP contribution in [0.3, 0.4) is 0 Å². The third kappa shape index (κ3) is 2.24. The zero-order valence-corrected chi connectivity index (χ0v) is 12.2. The number of ether oxygens (including phenoxy) is 1. The molecule has 1 aromatic heterocycles. The van der Waals surface area contributed by atoms with E-state index >= 15 is 0 Å². The highest BCUT2D eigenvalue weighted by molar-refractivity contribution is 5.93. The molecule has 0 aliphatic carbocycles. The van der Waals surface area contributed by atoms with Gasteiger partial charge in [-0.3, -0.25) is 4.79 Å². The number of rotatable bonds is 2. The summed E-state index contributed by atoms with van der Waals surface area (Å²) in [6, 6.07) is 1.79. The van der Waals surface area contributed by atoms with Gasteiger partial charge in [0, 0.05) is 37.3 Å². The molecular formula is C15H22N2O3. The van der Waals surface area contributed by atoms with E-state index in [1.807, 2.05) is 18.7 Å². The molecule has 3 heterocycles.